The second-order valence-corrected chi connectivity index (χ2v) is 9.60. The van der Waals surface area contributed by atoms with E-state index in [9.17, 15) is 0 Å². The minimum atomic E-state index is 0.0834. The molecule has 23 heavy (non-hydrogen) atoms. The average molecular weight is 341 g/mol. The predicted molar refractivity (Wildman–Crippen MR) is 107 cm³/mol. The lowest BCUT2D eigenvalue weighted by molar-refractivity contribution is 0.139. The van der Waals surface area contributed by atoms with Gasteiger partial charge in [0.05, 0.1) is 6.04 Å². The lowest BCUT2D eigenvalue weighted by atomic mass is 9.68. The van der Waals surface area contributed by atoms with E-state index in [1.165, 1.54) is 32.1 Å². The van der Waals surface area contributed by atoms with Gasteiger partial charge in [-0.05, 0) is 70.0 Å². The molecule has 0 radical (unpaired) electrons. The largest absolute Gasteiger partial charge is 0.360 e. The highest BCUT2D eigenvalue weighted by atomic mass is 32.2. The molecule has 0 aliphatic heterocycles. The summed E-state index contributed by atoms with van der Waals surface area (Å²) in [5, 5.41) is 4.73. The Morgan fingerprint density at radius 3 is 2.00 bits per heavy atom. The summed E-state index contributed by atoms with van der Waals surface area (Å²) in [6, 6.07) is 0.505. The van der Waals surface area contributed by atoms with Crippen molar-refractivity contribution in [3.63, 3.8) is 0 Å². The molecule has 2 unspecified atom stereocenters. The number of rotatable bonds is 5. The summed E-state index contributed by atoms with van der Waals surface area (Å²) in [7, 11) is 0. The van der Waals surface area contributed by atoms with Gasteiger partial charge in [0, 0.05) is 5.54 Å². The molecule has 136 valence electrons. The molecule has 0 aromatic rings. The first kappa shape index (κ1) is 20.9. The Hall–Kier alpha value is -0.180. The van der Waals surface area contributed by atoms with Crippen molar-refractivity contribution < 1.29 is 0 Å². The summed E-state index contributed by atoms with van der Waals surface area (Å²) < 4.78 is 0. The fraction of sp³-hybridized carbons (Fsp3) is 0.950. The highest BCUT2D eigenvalue weighted by Gasteiger charge is 2.36. The van der Waals surface area contributed by atoms with Gasteiger partial charge in [0.2, 0.25) is 0 Å². The molecule has 0 saturated heterocycles. The van der Waals surface area contributed by atoms with Gasteiger partial charge >= 0.3 is 0 Å². The van der Waals surface area contributed by atoms with Crippen molar-refractivity contribution >= 4 is 16.9 Å². The zero-order valence-corrected chi connectivity index (χ0v) is 17.6. The molecule has 3 heteroatoms. The van der Waals surface area contributed by atoms with E-state index >= 15 is 0 Å². The van der Waals surface area contributed by atoms with Crippen LogP contribution >= 0.6 is 11.8 Å². The van der Waals surface area contributed by atoms with Crippen LogP contribution < -0.4 is 5.32 Å². The summed E-state index contributed by atoms with van der Waals surface area (Å²) in [4.78, 5) is 5.23. The van der Waals surface area contributed by atoms with E-state index in [2.05, 4.69) is 60.0 Å². The smallest absolute Gasteiger partial charge is 0.156 e. The maximum atomic E-state index is 5.23. The molecule has 0 amide bonds. The number of nitrogens with one attached hydrogen (secondary N) is 1. The van der Waals surface area contributed by atoms with Crippen LogP contribution in [0.3, 0.4) is 0 Å². The lowest BCUT2D eigenvalue weighted by Gasteiger charge is -2.41. The van der Waals surface area contributed by atoms with Crippen LogP contribution in [0.1, 0.15) is 80.6 Å². The third-order valence-corrected chi connectivity index (χ3v) is 5.63. The highest BCUT2D eigenvalue weighted by molar-refractivity contribution is 8.13. The zero-order chi connectivity index (χ0) is 17.6. The van der Waals surface area contributed by atoms with E-state index in [4.69, 9.17) is 4.99 Å². The van der Waals surface area contributed by atoms with Crippen molar-refractivity contribution in [2.24, 2.45) is 28.7 Å². The minimum absolute atomic E-state index is 0.0834. The summed E-state index contributed by atoms with van der Waals surface area (Å²) >= 11 is 1.77. The quantitative estimate of drug-likeness (QED) is 0.492. The SMILES string of the molecule is CCC1CC(CC(C)C)CC(CC)C1N=C(NC(C)(C)C)SC. The van der Waals surface area contributed by atoms with Gasteiger partial charge in [-0.2, -0.15) is 0 Å². The predicted octanol–water partition coefficient (Wildman–Crippen LogP) is 5.97. The fourth-order valence-corrected chi connectivity index (χ4v) is 4.73. The average Bonchev–Trinajstić information content (AvgIpc) is 2.45. The number of hydrogen-bond donors (Lipinski definition) is 1. The van der Waals surface area contributed by atoms with E-state index in [1.54, 1.807) is 11.8 Å². The van der Waals surface area contributed by atoms with Gasteiger partial charge in [0.25, 0.3) is 0 Å². The highest BCUT2D eigenvalue weighted by Crippen LogP contribution is 2.41. The van der Waals surface area contributed by atoms with Crippen LogP contribution in [0.2, 0.25) is 0 Å². The van der Waals surface area contributed by atoms with Crippen molar-refractivity contribution in [1.82, 2.24) is 5.32 Å². The van der Waals surface area contributed by atoms with Crippen LogP contribution in [0, 0.1) is 23.7 Å². The van der Waals surface area contributed by atoms with Crippen molar-refractivity contribution in [3.05, 3.63) is 0 Å². The molecule has 0 heterocycles. The number of aliphatic imine (C=N–C) groups is 1. The van der Waals surface area contributed by atoms with Gasteiger partial charge in [-0.1, -0.05) is 52.3 Å². The maximum absolute atomic E-state index is 5.23. The molecular formula is C20H40N2S. The normalized spacial score (nSPS) is 29.9. The first-order chi connectivity index (χ1) is 10.7. The van der Waals surface area contributed by atoms with Crippen LogP contribution in [-0.2, 0) is 0 Å². The van der Waals surface area contributed by atoms with Crippen LogP contribution in [0.5, 0.6) is 0 Å². The standard InChI is InChI=1S/C20H40N2S/c1-9-16-12-15(11-14(3)4)13-17(10-2)18(16)21-19(23-8)22-20(5,6)7/h14-18H,9-13H2,1-8H3,(H,21,22). The topological polar surface area (TPSA) is 24.4 Å². The molecular weight excluding hydrogens is 300 g/mol. The second-order valence-electron chi connectivity index (χ2n) is 8.81. The zero-order valence-electron chi connectivity index (χ0n) is 16.8. The monoisotopic (exact) mass is 340 g/mol. The Morgan fingerprint density at radius 1 is 1.13 bits per heavy atom. The van der Waals surface area contributed by atoms with E-state index < -0.39 is 0 Å². The van der Waals surface area contributed by atoms with Crippen LogP contribution in [0.4, 0.5) is 0 Å². The fourth-order valence-electron chi connectivity index (χ4n) is 4.09. The van der Waals surface area contributed by atoms with Gasteiger partial charge in [-0.15, -0.1) is 0 Å². The van der Waals surface area contributed by atoms with Crippen LogP contribution in [-0.4, -0.2) is 23.0 Å². The summed E-state index contributed by atoms with van der Waals surface area (Å²) in [6.45, 7) is 16.1. The van der Waals surface area contributed by atoms with Crippen molar-refractivity contribution in [2.75, 3.05) is 6.26 Å². The summed E-state index contributed by atoms with van der Waals surface area (Å²) in [5.41, 5.74) is 0.0834. The van der Waals surface area contributed by atoms with Gasteiger partial charge in [0.1, 0.15) is 0 Å². The Labute approximate surface area is 149 Å². The first-order valence-electron chi connectivity index (χ1n) is 9.60. The molecule has 1 aliphatic rings. The van der Waals surface area contributed by atoms with E-state index in [-0.39, 0.29) is 5.54 Å². The van der Waals surface area contributed by atoms with E-state index in [0.29, 0.717) is 6.04 Å². The molecule has 1 fully saturated rings. The van der Waals surface area contributed by atoms with E-state index in [0.717, 1.165) is 28.8 Å². The summed E-state index contributed by atoms with van der Waals surface area (Å²) in [5.74, 6) is 3.23. The van der Waals surface area contributed by atoms with Crippen LogP contribution in [0.25, 0.3) is 0 Å². The lowest BCUT2D eigenvalue weighted by Crippen LogP contribution is -2.42. The second kappa shape index (κ2) is 9.34. The van der Waals surface area contributed by atoms with Crippen molar-refractivity contribution in [1.29, 1.82) is 0 Å². The van der Waals surface area contributed by atoms with Crippen molar-refractivity contribution in [3.8, 4) is 0 Å². The molecule has 0 aromatic carbocycles. The minimum Gasteiger partial charge on any atom is -0.360 e. The van der Waals surface area contributed by atoms with Gasteiger partial charge in [-0.25, -0.2) is 0 Å². The first-order valence-corrected chi connectivity index (χ1v) is 10.8. The van der Waals surface area contributed by atoms with Crippen LogP contribution in [0.15, 0.2) is 4.99 Å². The van der Waals surface area contributed by atoms with Gasteiger partial charge < -0.3 is 5.32 Å². The van der Waals surface area contributed by atoms with Gasteiger partial charge in [-0.3, -0.25) is 4.99 Å². The Kier molecular flexibility index (Phi) is 8.47. The van der Waals surface area contributed by atoms with Crippen molar-refractivity contribution in [2.45, 2.75) is 92.2 Å². The molecule has 1 rings (SSSR count). The molecule has 1 saturated carbocycles. The third-order valence-electron chi connectivity index (χ3n) is 5.03. The summed E-state index contributed by atoms with van der Waals surface area (Å²) in [6.07, 6.45) is 8.79. The molecule has 0 aromatic heterocycles. The molecule has 1 N–H and O–H groups in total. The number of thioether (sulfide) groups is 1. The molecule has 1 aliphatic carbocycles. The number of nitrogens with zero attached hydrogens (tertiary/aromatic N) is 1. The Morgan fingerprint density at radius 2 is 1.65 bits per heavy atom. The Bertz CT molecular complexity index is 356. The number of hydrogen-bond acceptors (Lipinski definition) is 2. The number of amidine groups is 1. The molecule has 2 atom stereocenters. The maximum Gasteiger partial charge on any atom is 0.156 e. The Balaban J connectivity index is 2.93. The van der Waals surface area contributed by atoms with E-state index in [1.807, 2.05) is 0 Å². The third kappa shape index (κ3) is 7.07. The molecule has 2 nitrogen and oxygen atoms in total. The van der Waals surface area contributed by atoms with Gasteiger partial charge in [0.15, 0.2) is 5.17 Å². The molecule has 0 bridgehead atoms. The molecule has 0 spiro atoms.